The van der Waals surface area contributed by atoms with Crippen LogP contribution < -0.4 is 23.0 Å². The SMILES string of the molecule is C[NH+](C)CCOC(=O)c1ccc(Cl)c(N)c1.[Cl-]. The lowest BCUT2D eigenvalue weighted by Crippen LogP contribution is -3.06. The Labute approximate surface area is 112 Å². The van der Waals surface area contributed by atoms with E-state index in [9.17, 15) is 4.79 Å². The van der Waals surface area contributed by atoms with Gasteiger partial charge in [0.1, 0.15) is 13.2 Å². The minimum Gasteiger partial charge on any atom is -1.00 e. The molecule has 0 saturated carbocycles. The third kappa shape index (κ3) is 5.26. The van der Waals surface area contributed by atoms with Crippen molar-refractivity contribution in [1.29, 1.82) is 0 Å². The number of hydrogen-bond donors (Lipinski definition) is 2. The number of nitrogens with one attached hydrogen (secondary N) is 1. The fourth-order valence-corrected chi connectivity index (χ4v) is 1.22. The van der Waals surface area contributed by atoms with Gasteiger partial charge in [-0.2, -0.15) is 0 Å². The van der Waals surface area contributed by atoms with Gasteiger partial charge < -0.3 is 27.8 Å². The molecule has 96 valence electrons. The fourth-order valence-electron chi connectivity index (χ4n) is 1.10. The Morgan fingerprint density at radius 3 is 2.65 bits per heavy atom. The summed E-state index contributed by atoms with van der Waals surface area (Å²) in [5, 5.41) is 0.439. The van der Waals surface area contributed by atoms with Crippen molar-refractivity contribution in [3.63, 3.8) is 0 Å². The van der Waals surface area contributed by atoms with E-state index in [2.05, 4.69) is 0 Å². The zero-order valence-electron chi connectivity index (χ0n) is 9.80. The van der Waals surface area contributed by atoms with E-state index in [1.807, 2.05) is 14.1 Å². The molecule has 6 heteroatoms. The maximum atomic E-state index is 11.6. The first-order valence-electron chi connectivity index (χ1n) is 5.02. The summed E-state index contributed by atoms with van der Waals surface area (Å²) in [6.07, 6.45) is 0. The molecule has 0 saturated heterocycles. The first-order valence-corrected chi connectivity index (χ1v) is 5.39. The quantitative estimate of drug-likeness (QED) is 0.463. The Hall–Kier alpha value is -0.970. The summed E-state index contributed by atoms with van der Waals surface area (Å²) < 4.78 is 5.08. The molecule has 0 amide bonds. The van der Waals surface area contributed by atoms with E-state index in [1.165, 1.54) is 11.0 Å². The van der Waals surface area contributed by atoms with Crippen LogP contribution >= 0.6 is 11.6 Å². The summed E-state index contributed by atoms with van der Waals surface area (Å²) in [6.45, 7) is 1.17. The standard InChI is InChI=1S/C11H15ClN2O2.ClH/c1-14(2)5-6-16-11(15)8-3-4-9(12)10(13)7-8;/h3-4,7H,5-6,13H2,1-2H3;1H. The average Bonchev–Trinajstić information content (AvgIpc) is 2.21. The monoisotopic (exact) mass is 278 g/mol. The van der Waals surface area contributed by atoms with Crippen LogP contribution in [0.1, 0.15) is 10.4 Å². The molecule has 0 heterocycles. The van der Waals surface area contributed by atoms with Crippen molar-refractivity contribution >= 4 is 23.3 Å². The van der Waals surface area contributed by atoms with Crippen LogP contribution in [0.3, 0.4) is 0 Å². The number of nitrogens with two attached hydrogens (primary N) is 1. The van der Waals surface area contributed by atoms with E-state index in [0.717, 1.165) is 6.54 Å². The van der Waals surface area contributed by atoms with Crippen molar-refractivity contribution in [1.82, 2.24) is 0 Å². The van der Waals surface area contributed by atoms with Crippen molar-refractivity contribution in [2.45, 2.75) is 0 Å². The number of likely N-dealkylation sites (N-methyl/N-ethyl adjacent to an activating group) is 1. The van der Waals surface area contributed by atoms with Crippen LogP contribution in [0.5, 0.6) is 0 Å². The van der Waals surface area contributed by atoms with Crippen LogP contribution in [0.4, 0.5) is 5.69 Å². The Balaban J connectivity index is 0.00000256. The lowest BCUT2D eigenvalue weighted by molar-refractivity contribution is -0.858. The molecule has 0 aromatic heterocycles. The highest BCUT2D eigenvalue weighted by molar-refractivity contribution is 6.33. The largest absolute Gasteiger partial charge is 1.00 e. The van der Waals surface area contributed by atoms with Gasteiger partial charge in [0.15, 0.2) is 0 Å². The molecule has 1 rings (SSSR count). The van der Waals surface area contributed by atoms with E-state index in [1.54, 1.807) is 12.1 Å². The summed E-state index contributed by atoms with van der Waals surface area (Å²) >= 11 is 5.75. The maximum absolute atomic E-state index is 11.6. The molecular formula is C11H16Cl2N2O2. The molecule has 0 aliphatic carbocycles. The Morgan fingerprint density at radius 2 is 2.12 bits per heavy atom. The third-order valence-corrected chi connectivity index (χ3v) is 2.41. The Kier molecular flexibility index (Phi) is 6.95. The molecule has 3 N–H and O–H groups in total. The van der Waals surface area contributed by atoms with Crippen LogP contribution in [0, 0.1) is 0 Å². The van der Waals surface area contributed by atoms with E-state index in [4.69, 9.17) is 22.1 Å². The van der Waals surface area contributed by atoms with Crippen molar-refractivity contribution in [3.8, 4) is 0 Å². The van der Waals surface area contributed by atoms with Crippen molar-refractivity contribution in [2.75, 3.05) is 33.0 Å². The number of nitrogen functional groups attached to an aromatic ring is 1. The molecule has 0 atom stereocenters. The smallest absolute Gasteiger partial charge is 0.338 e. The van der Waals surface area contributed by atoms with Gasteiger partial charge >= 0.3 is 5.97 Å². The number of hydrogen-bond acceptors (Lipinski definition) is 3. The minimum atomic E-state index is -0.371. The number of esters is 1. The van der Waals surface area contributed by atoms with Gasteiger partial charge in [0.25, 0.3) is 0 Å². The molecule has 0 unspecified atom stereocenters. The van der Waals surface area contributed by atoms with Crippen LogP contribution in [-0.4, -0.2) is 33.2 Å². The van der Waals surface area contributed by atoms with Crippen molar-refractivity contribution in [2.24, 2.45) is 0 Å². The summed E-state index contributed by atoms with van der Waals surface area (Å²) in [7, 11) is 3.99. The van der Waals surface area contributed by atoms with Gasteiger partial charge in [-0.25, -0.2) is 4.79 Å². The Morgan fingerprint density at radius 1 is 1.47 bits per heavy atom. The number of anilines is 1. The number of benzene rings is 1. The number of carbonyl (C=O) groups excluding carboxylic acids is 1. The highest BCUT2D eigenvalue weighted by Crippen LogP contribution is 2.19. The summed E-state index contributed by atoms with van der Waals surface area (Å²) in [5.74, 6) is -0.371. The lowest BCUT2D eigenvalue weighted by Gasteiger charge is -2.08. The summed E-state index contributed by atoms with van der Waals surface area (Å²) in [4.78, 5) is 12.8. The van der Waals surface area contributed by atoms with Gasteiger partial charge in [-0.05, 0) is 18.2 Å². The maximum Gasteiger partial charge on any atom is 0.338 e. The second-order valence-electron chi connectivity index (χ2n) is 3.83. The zero-order chi connectivity index (χ0) is 12.1. The molecule has 17 heavy (non-hydrogen) atoms. The zero-order valence-corrected chi connectivity index (χ0v) is 11.3. The number of carbonyl (C=O) groups is 1. The summed E-state index contributed by atoms with van der Waals surface area (Å²) in [5.41, 5.74) is 6.40. The normalized spacial score (nSPS) is 9.88. The first kappa shape index (κ1) is 16.0. The average molecular weight is 279 g/mol. The van der Waals surface area contributed by atoms with Gasteiger partial charge in [-0.1, -0.05) is 11.6 Å². The molecule has 0 radical (unpaired) electrons. The van der Waals surface area contributed by atoms with Crippen LogP contribution in [0.25, 0.3) is 0 Å². The lowest BCUT2D eigenvalue weighted by atomic mass is 10.2. The second-order valence-corrected chi connectivity index (χ2v) is 4.24. The fraction of sp³-hybridized carbons (Fsp3) is 0.364. The third-order valence-electron chi connectivity index (χ3n) is 2.07. The first-order chi connectivity index (χ1) is 7.50. The molecular weight excluding hydrogens is 263 g/mol. The van der Waals surface area contributed by atoms with E-state index < -0.39 is 0 Å². The van der Waals surface area contributed by atoms with Gasteiger partial charge in [-0.15, -0.1) is 0 Å². The van der Waals surface area contributed by atoms with Crippen molar-refractivity contribution < 1.29 is 26.8 Å². The molecule has 0 fully saturated rings. The number of ether oxygens (including phenoxy) is 1. The highest BCUT2D eigenvalue weighted by Gasteiger charge is 2.09. The van der Waals surface area contributed by atoms with Gasteiger partial charge in [-0.3, -0.25) is 0 Å². The molecule has 1 aromatic carbocycles. The van der Waals surface area contributed by atoms with Crippen LogP contribution in [0.15, 0.2) is 18.2 Å². The van der Waals surface area contributed by atoms with Gasteiger partial charge in [0.2, 0.25) is 0 Å². The molecule has 0 bridgehead atoms. The van der Waals surface area contributed by atoms with E-state index in [0.29, 0.717) is 22.9 Å². The molecule has 0 aliphatic heterocycles. The minimum absolute atomic E-state index is 0. The number of halogens is 2. The van der Waals surface area contributed by atoms with Crippen LogP contribution in [0.2, 0.25) is 5.02 Å². The van der Waals surface area contributed by atoms with E-state index >= 15 is 0 Å². The molecule has 4 nitrogen and oxygen atoms in total. The van der Waals surface area contributed by atoms with Gasteiger partial charge in [0, 0.05) is 0 Å². The van der Waals surface area contributed by atoms with E-state index in [-0.39, 0.29) is 18.4 Å². The second kappa shape index (κ2) is 7.37. The predicted molar refractivity (Wildman–Crippen MR) is 63.8 cm³/mol. The molecule has 1 aromatic rings. The number of rotatable bonds is 4. The predicted octanol–water partition coefficient (Wildman–Crippen LogP) is -2.77. The Bertz CT molecular complexity index is 384. The number of quaternary nitrogens is 1. The van der Waals surface area contributed by atoms with Crippen molar-refractivity contribution in [3.05, 3.63) is 28.8 Å². The summed E-state index contributed by atoms with van der Waals surface area (Å²) in [6, 6.07) is 4.71. The van der Waals surface area contributed by atoms with Crippen LogP contribution in [-0.2, 0) is 4.74 Å². The van der Waals surface area contributed by atoms with Gasteiger partial charge in [0.05, 0.1) is 30.4 Å². The highest BCUT2D eigenvalue weighted by atomic mass is 35.5. The molecule has 0 spiro atoms. The molecule has 0 aliphatic rings. The topological polar surface area (TPSA) is 56.8 Å².